The van der Waals surface area contributed by atoms with E-state index in [4.69, 9.17) is 0 Å². The van der Waals surface area contributed by atoms with Crippen LogP contribution in [0, 0.1) is 0 Å². The van der Waals surface area contributed by atoms with E-state index in [-0.39, 0.29) is 0 Å². The summed E-state index contributed by atoms with van der Waals surface area (Å²) in [5, 5.41) is 0. The summed E-state index contributed by atoms with van der Waals surface area (Å²) in [5.41, 5.74) is 0. The highest BCUT2D eigenvalue weighted by Gasteiger charge is 2.55. The topological polar surface area (TPSA) is 0 Å². The Morgan fingerprint density at radius 3 is 1.14 bits per heavy atom. The lowest BCUT2D eigenvalue weighted by Crippen LogP contribution is -2.31. The monoisotopic (exact) mass is 134 g/mol. The van der Waals surface area contributed by atoms with Crippen LogP contribution in [-0.4, -0.2) is 15.8 Å². The molecule has 0 saturated heterocycles. The zero-order chi connectivity index (χ0) is 6.08. The van der Waals surface area contributed by atoms with E-state index in [2.05, 4.69) is 0 Å². The molecule has 0 rings (SSSR count). The molecular formula is BF5Si. The van der Waals surface area contributed by atoms with E-state index < -0.39 is 15.8 Å². The lowest BCUT2D eigenvalue weighted by molar-refractivity contribution is 0.483. The van der Waals surface area contributed by atoms with Gasteiger partial charge in [-0.3, -0.25) is 8.63 Å². The molecule has 7 heavy (non-hydrogen) atoms. The number of halogens is 5. The molecule has 0 bridgehead atoms. The molecule has 0 aromatic heterocycles. The minimum Gasteiger partial charge on any atom is -0.281 e. The molecule has 0 aromatic carbocycles. The highest BCUT2D eigenvalue weighted by Crippen LogP contribution is 2.13. The predicted molar refractivity (Wildman–Crippen MR) is 17.0 cm³/mol. The van der Waals surface area contributed by atoms with Gasteiger partial charge in [0.2, 0.25) is 0 Å². The van der Waals surface area contributed by atoms with Crippen LogP contribution in [0.25, 0.3) is 0 Å². The Morgan fingerprint density at radius 2 is 1.14 bits per heavy atom. The third-order valence-corrected chi connectivity index (χ3v) is 0.742. The highest BCUT2D eigenvalue weighted by molar-refractivity contribution is 7.17. The molecule has 7 heteroatoms. The van der Waals surface area contributed by atoms with Crippen LogP contribution in [0.5, 0.6) is 0 Å². The van der Waals surface area contributed by atoms with Crippen molar-refractivity contribution in [2.45, 2.75) is 0 Å². The second-order valence-electron chi connectivity index (χ2n) is 0.842. The van der Waals surface area contributed by atoms with Gasteiger partial charge in [-0.1, -0.05) is 0 Å². The maximum absolute atomic E-state index is 10.6. The molecule has 0 aromatic rings. The van der Waals surface area contributed by atoms with E-state index in [0.29, 0.717) is 0 Å². The van der Waals surface area contributed by atoms with Crippen LogP contribution < -0.4 is 0 Å². The molecule has 0 heterocycles. The molecule has 0 fully saturated rings. The highest BCUT2D eigenvalue weighted by atomic mass is 28.5. The molecule has 0 amide bonds. The molecule has 0 N–H and O–H groups in total. The molecule has 0 nitrogen and oxygen atoms in total. The van der Waals surface area contributed by atoms with Crippen molar-refractivity contribution in [1.82, 2.24) is 0 Å². The van der Waals surface area contributed by atoms with Crippen molar-refractivity contribution >= 4 is 15.8 Å². The Bertz CT molecular complexity index is 53.6. The van der Waals surface area contributed by atoms with E-state index in [1.807, 2.05) is 0 Å². The second kappa shape index (κ2) is 1.81. The number of hydrogen-bond donors (Lipinski definition) is 0. The van der Waals surface area contributed by atoms with E-state index in [0.717, 1.165) is 0 Å². The van der Waals surface area contributed by atoms with Gasteiger partial charge in [0.1, 0.15) is 0 Å². The fraction of sp³-hybridized carbons (Fsp3) is 0. The van der Waals surface area contributed by atoms with Crippen LogP contribution in [0.1, 0.15) is 0 Å². The van der Waals surface area contributed by atoms with Gasteiger partial charge < -0.3 is 0 Å². The molecule has 0 spiro atoms. The first kappa shape index (κ1) is 6.93. The van der Waals surface area contributed by atoms with Gasteiger partial charge in [0, 0.05) is 0 Å². The van der Waals surface area contributed by atoms with E-state index in [1.165, 1.54) is 0 Å². The van der Waals surface area contributed by atoms with Gasteiger partial charge >= 0.3 is 15.8 Å². The molecule has 42 valence electrons. The number of hydrogen-bond acceptors (Lipinski definition) is 0. The van der Waals surface area contributed by atoms with Gasteiger partial charge in [-0.15, -0.1) is 0 Å². The maximum atomic E-state index is 10.6. The van der Waals surface area contributed by atoms with Crippen molar-refractivity contribution in [1.29, 1.82) is 0 Å². The molecule has 0 unspecified atom stereocenters. The zero-order valence-electron chi connectivity index (χ0n) is 2.97. The first-order valence-corrected chi connectivity index (χ1v) is 3.00. The van der Waals surface area contributed by atoms with Gasteiger partial charge in [-0.25, -0.2) is 12.3 Å². The summed E-state index contributed by atoms with van der Waals surface area (Å²) in [6.07, 6.45) is 0. The Labute approximate surface area is 38.0 Å². The average Bonchev–Trinajstić information content (AvgIpc) is 1.31. The standard InChI is InChI=1S/BF5Si/c2-1(3)7(4,5)6. The third-order valence-electron chi connectivity index (χ3n) is 0.247. The first-order valence-electron chi connectivity index (χ1n) is 1.29. The maximum Gasteiger partial charge on any atom is 0.650 e. The number of rotatable bonds is 1. The van der Waals surface area contributed by atoms with E-state index >= 15 is 0 Å². The predicted octanol–water partition coefficient (Wildman–Crippen LogP) is 1.34. The summed E-state index contributed by atoms with van der Waals surface area (Å²) in [6, 6.07) is 0. The summed E-state index contributed by atoms with van der Waals surface area (Å²) in [6.45, 7) is -4.06. The van der Waals surface area contributed by atoms with Gasteiger partial charge in [0.25, 0.3) is 0 Å². The van der Waals surface area contributed by atoms with Crippen LogP contribution >= 0.6 is 0 Å². The molecule has 0 atom stereocenters. The lowest BCUT2D eigenvalue weighted by Gasteiger charge is -1.91. The van der Waals surface area contributed by atoms with Crippen molar-refractivity contribution < 1.29 is 21.0 Å². The van der Waals surface area contributed by atoms with Crippen LogP contribution in [-0.2, 0) is 0 Å². The Kier molecular flexibility index (Phi) is 1.79. The van der Waals surface area contributed by atoms with E-state index in [9.17, 15) is 21.0 Å². The Balaban J connectivity index is 3.54. The zero-order valence-corrected chi connectivity index (χ0v) is 3.97. The van der Waals surface area contributed by atoms with Crippen molar-refractivity contribution in [3.63, 3.8) is 0 Å². The van der Waals surface area contributed by atoms with Crippen molar-refractivity contribution in [2.75, 3.05) is 0 Å². The SMILES string of the molecule is FB(F)[Si](F)(F)F. The van der Waals surface area contributed by atoms with Crippen LogP contribution in [0.4, 0.5) is 21.0 Å². The van der Waals surface area contributed by atoms with Crippen molar-refractivity contribution in [2.24, 2.45) is 0 Å². The quantitative estimate of drug-likeness (QED) is 0.288. The summed E-state index contributed by atoms with van der Waals surface area (Å²) < 4.78 is 52.7. The minimum absolute atomic E-state index is 4.06. The van der Waals surface area contributed by atoms with Crippen molar-refractivity contribution in [3.8, 4) is 0 Å². The normalized spacial score (nSPS) is 11.6. The van der Waals surface area contributed by atoms with Gasteiger partial charge in [0.05, 0.1) is 0 Å². The third kappa shape index (κ3) is 2.61. The van der Waals surface area contributed by atoms with Crippen LogP contribution in [0.15, 0.2) is 0 Å². The Morgan fingerprint density at radius 1 is 1.00 bits per heavy atom. The molecule has 0 aliphatic rings. The molecule has 0 aliphatic heterocycles. The average molecular weight is 134 g/mol. The molecule has 0 radical (unpaired) electrons. The van der Waals surface area contributed by atoms with Crippen LogP contribution in [0.2, 0.25) is 0 Å². The summed E-state index contributed by atoms with van der Waals surface area (Å²) in [7, 11) is -6.57. The summed E-state index contributed by atoms with van der Waals surface area (Å²) in [4.78, 5) is 0. The van der Waals surface area contributed by atoms with E-state index in [1.54, 1.807) is 0 Å². The van der Waals surface area contributed by atoms with Gasteiger partial charge in [-0.2, -0.15) is 0 Å². The minimum atomic E-state index is -6.57. The Hall–Kier alpha value is -0.0682. The summed E-state index contributed by atoms with van der Waals surface area (Å²) in [5.74, 6) is 0. The fourth-order valence-electron chi connectivity index (χ4n) is 0. The second-order valence-corrected chi connectivity index (χ2v) is 2.36. The van der Waals surface area contributed by atoms with Gasteiger partial charge in [-0.05, 0) is 0 Å². The first-order chi connectivity index (χ1) is 2.94. The van der Waals surface area contributed by atoms with Crippen LogP contribution in [0.3, 0.4) is 0 Å². The molecule has 0 saturated carbocycles. The summed E-state index contributed by atoms with van der Waals surface area (Å²) >= 11 is 0. The smallest absolute Gasteiger partial charge is 0.281 e. The van der Waals surface area contributed by atoms with Crippen molar-refractivity contribution in [3.05, 3.63) is 0 Å². The largest absolute Gasteiger partial charge is 0.650 e. The molecular weight excluding hydrogens is 134 g/mol. The van der Waals surface area contributed by atoms with Gasteiger partial charge in [0.15, 0.2) is 0 Å². The lowest BCUT2D eigenvalue weighted by atomic mass is 10.5. The fourth-order valence-corrected chi connectivity index (χ4v) is 0. The molecule has 0 aliphatic carbocycles.